The molecule has 2 N–H and O–H groups in total. The van der Waals surface area contributed by atoms with Crippen LogP contribution in [-0.2, 0) is 0 Å². The standard InChI is InChI=1S/C16H12N2O2/c1-20-12-8-4-6-10-13(12)18-15-14(10)17-11-7-3-2-5-9(11)16(15)19/h2-8,18H,1H3,(H,17,19). The van der Waals surface area contributed by atoms with Crippen LogP contribution in [0.15, 0.2) is 47.3 Å². The van der Waals surface area contributed by atoms with Crippen molar-refractivity contribution in [3.8, 4) is 5.75 Å². The third kappa shape index (κ3) is 1.33. The highest BCUT2D eigenvalue weighted by molar-refractivity contribution is 6.09. The second-order valence-corrected chi connectivity index (χ2v) is 4.76. The number of hydrogen-bond acceptors (Lipinski definition) is 2. The predicted molar refractivity (Wildman–Crippen MR) is 80.5 cm³/mol. The first-order chi connectivity index (χ1) is 9.79. The molecule has 0 saturated carbocycles. The Morgan fingerprint density at radius 2 is 1.65 bits per heavy atom. The van der Waals surface area contributed by atoms with Crippen molar-refractivity contribution in [2.45, 2.75) is 0 Å². The molecule has 0 bridgehead atoms. The van der Waals surface area contributed by atoms with Crippen LogP contribution >= 0.6 is 0 Å². The molecule has 98 valence electrons. The topological polar surface area (TPSA) is 57.9 Å². The van der Waals surface area contributed by atoms with Gasteiger partial charge in [0.05, 0.1) is 18.1 Å². The van der Waals surface area contributed by atoms with Crippen LogP contribution in [0.4, 0.5) is 0 Å². The van der Waals surface area contributed by atoms with Crippen LogP contribution in [0, 0.1) is 0 Å². The van der Waals surface area contributed by atoms with E-state index in [0.717, 1.165) is 27.7 Å². The van der Waals surface area contributed by atoms with E-state index in [1.54, 1.807) is 7.11 Å². The Kier molecular flexibility index (Phi) is 2.15. The maximum Gasteiger partial charge on any atom is 0.213 e. The zero-order valence-corrected chi connectivity index (χ0v) is 10.9. The Hall–Kier alpha value is -2.75. The molecule has 2 heterocycles. The Labute approximate surface area is 114 Å². The van der Waals surface area contributed by atoms with E-state index >= 15 is 0 Å². The molecule has 2 aromatic carbocycles. The summed E-state index contributed by atoms with van der Waals surface area (Å²) >= 11 is 0. The fraction of sp³-hybridized carbons (Fsp3) is 0.0625. The summed E-state index contributed by atoms with van der Waals surface area (Å²) in [6, 6.07) is 13.3. The van der Waals surface area contributed by atoms with Gasteiger partial charge in [-0.2, -0.15) is 0 Å². The van der Waals surface area contributed by atoms with Gasteiger partial charge in [-0.3, -0.25) is 4.79 Å². The minimum atomic E-state index is 0.00704. The number of pyridine rings is 1. The van der Waals surface area contributed by atoms with Crippen LogP contribution in [0.3, 0.4) is 0 Å². The third-order valence-corrected chi connectivity index (χ3v) is 3.67. The highest BCUT2D eigenvalue weighted by Crippen LogP contribution is 2.30. The maximum atomic E-state index is 12.6. The molecule has 2 aromatic heterocycles. The van der Waals surface area contributed by atoms with Gasteiger partial charge in [-0.1, -0.05) is 24.3 Å². The number of rotatable bonds is 1. The molecular formula is C16H12N2O2. The van der Waals surface area contributed by atoms with Crippen molar-refractivity contribution in [2.75, 3.05) is 7.11 Å². The molecule has 0 amide bonds. The molecule has 0 fully saturated rings. The van der Waals surface area contributed by atoms with E-state index in [1.807, 2.05) is 42.5 Å². The van der Waals surface area contributed by atoms with Crippen molar-refractivity contribution < 1.29 is 4.74 Å². The second kappa shape index (κ2) is 3.87. The molecule has 0 radical (unpaired) electrons. The second-order valence-electron chi connectivity index (χ2n) is 4.76. The van der Waals surface area contributed by atoms with Crippen molar-refractivity contribution in [3.63, 3.8) is 0 Å². The molecule has 4 nitrogen and oxygen atoms in total. The third-order valence-electron chi connectivity index (χ3n) is 3.67. The first kappa shape index (κ1) is 11.1. The molecule has 20 heavy (non-hydrogen) atoms. The highest BCUT2D eigenvalue weighted by Gasteiger charge is 2.13. The minimum absolute atomic E-state index is 0.00704. The van der Waals surface area contributed by atoms with Crippen molar-refractivity contribution in [2.24, 2.45) is 0 Å². The molecule has 0 saturated heterocycles. The number of nitrogens with one attached hydrogen (secondary N) is 2. The fourth-order valence-corrected chi connectivity index (χ4v) is 2.72. The van der Waals surface area contributed by atoms with Gasteiger partial charge in [0.2, 0.25) is 5.43 Å². The molecule has 4 rings (SSSR count). The zero-order chi connectivity index (χ0) is 13.7. The van der Waals surface area contributed by atoms with Crippen molar-refractivity contribution in [1.29, 1.82) is 0 Å². The SMILES string of the molecule is COc1cccc2c1[nH]c1c(=O)c3ccccc3[nH]c12. The van der Waals surface area contributed by atoms with E-state index in [1.165, 1.54) is 0 Å². The van der Waals surface area contributed by atoms with E-state index in [0.29, 0.717) is 10.9 Å². The lowest BCUT2D eigenvalue weighted by Crippen LogP contribution is -2.03. The van der Waals surface area contributed by atoms with Crippen LogP contribution in [0.2, 0.25) is 0 Å². The van der Waals surface area contributed by atoms with Gasteiger partial charge in [0.1, 0.15) is 11.3 Å². The summed E-state index contributed by atoms with van der Waals surface area (Å²) in [6.07, 6.45) is 0. The Bertz CT molecular complexity index is 1010. The van der Waals surface area contributed by atoms with E-state index in [2.05, 4.69) is 9.97 Å². The number of ether oxygens (including phenoxy) is 1. The van der Waals surface area contributed by atoms with E-state index in [9.17, 15) is 4.79 Å². The average Bonchev–Trinajstić information content (AvgIpc) is 2.87. The van der Waals surface area contributed by atoms with Gasteiger partial charge in [0.25, 0.3) is 0 Å². The highest BCUT2D eigenvalue weighted by atomic mass is 16.5. The predicted octanol–water partition coefficient (Wildman–Crippen LogP) is 3.17. The average molecular weight is 264 g/mol. The number of para-hydroxylation sites is 2. The monoisotopic (exact) mass is 264 g/mol. The lowest BCUT2D eigenvalue weighted by atomic mass is 10.1. The number of aromatic amines is 2. The number of hydrogen-bond donors (Lipinski definition) is 2. The van der Waals surface area contributed by atoms with Gasteiger partial charge in [-0.05, 0) is 18.2 Å². The molecular weight excluding hydrogens is 252 g/mol. The van der Waals surface area contributed by atoms with Crippen molar-refractivity contribution >= 4 is 32.8 Å². The first-order valence-electron chi connectivity index (χ1n) is 6.39. The van der Waals surface area contributed by atoms with E-state index in [-0.39, 0.29) is 5.43 Å². The normalized spacial score (nSPS) is 11.4. The largest absolute Gasteiger partial charge is 0.495 e. The van der Waals surface area contributed by atoms with Crippen LogP contribution in [0.1, 0.15) is 0 Å². The molecule has 0 unspecified atom stereocenters. The summed E-state index contributed by atoms with van der Waals surface area (Å²) in [5, 5.41) is 1.65. The Morgan fingerprint density at radius 1 is 0.850 bits per heavy atom. The molecule has 0 atom stereocenters. The molecule has 4 aromatic rings. The van der Waals surface area contributed by atoms with Crippen LogP contribution < -0.4 is 10.2 Å². The van der Waals surface area contributed by atoms with Crippen LogP contribution in [0.25, 0.3) is 32.8 Å². The van der Waals surface area contributed by atoms with Gasteiger partial charge >= 0.3 is 0 Å². The number of aromatic nitrogens is 2. The quantitative estimate of drug-likeness (QED) is 0.554. The van der Waals surface area contributed by atoms with Crippen molar-refractivity contribution in [3.05, 3.63) is 52.7 Å². The van der Waals surface area contributed by atoms with Crippen molar-refractivity contribution in [1.82, 2.24) is 9.97 Å². The lowest BCUT2D eigenvalue weighted by molar-refractivity contribution is 0.419. The maximum absolute atomic E-state index is 12.6. The zero-order valence-electron chi connectivity index (χ0n) is 10.9. The summed E-state index contributed by atoms with van der Waals surface area (Å²) in [7, 11) is 1.62. The number of fused-ring (bicyclic) bond motifs is 4. The summed E-state index contributed by atoms with van der Waals surface area (Å²) in [6.45, 7) is 0. The Balaban J connectivity index is 2.30. The van der Waals surface area contributed by atoms with Gasteiger partial charge in [0.15, 0.2) is 0 Å². The summed E-state index contributed by atoms with van der Waals surface area (Å²) in [5.74, 6) is 0.732. The number of H-pyrrole nitrogens is 2. The molecule has 4 heteroatoms. The lowest BCUT2D eigenvalue weighted by Gasteiger charge is -2.00. The van der Waals surface area contributed by atoms with Gasteiger partial charge < -0.3 is 14.7 Å². The summed E-state index contributed by atoms with van der Waals surface area (Å²) in [5.41, 5.74) is 3.10. The van der Waals surface area contributed by atoms with Gasteiger partial charge in [0, 0.05) is 16.3 Å². The van der Waals surface area contributed by atoms with Gasteiger partial charge in [-0.15, -0.1) is 0 Å². The smallest absolute Gasteiger partial charge is 0.213 e. The van der Waals surface area contributed by atoms with Gasteiger partial charge in [-0.25, -0.2) is 0 Å². The van der Waals surface area contributed by atoms with Crippen LogP contribution in [0.5, 0.6) is 5.75 Å². The number of benzene rings is 2. The molecule has 0 aliphatic rings. The van der Waals surface area contributed by atoms with E-state index in [4.69, 9.17) is 4.74 Å². The fourth-order valence-electron chi connectivity index (χ4n) is 2.72. The number of methoxy groups -OCH3 is 1. The Morgan fingerprint density at radius 3 is 2.50 bits per heavy atom. The van der Waals surface area contributed by atoms with Crippen LogP contribution in [-0.4, -0.2) is 17.1 Å². The summed E-state index contributed by atoms with van der Waals surface area (Å²) in [4.78, 5) is 19.1. The van der Waals surface area contributed by atoms with E-state index < -0.39 is 0 Å². The molecule has 0 spiro atoms. The molecule has 0 aliphatic carbocycles. The summed E-state index contributed by atoms with van der Waals surface area (Å²) < 4.78 is 5.35. The first-order valence-corrected chi connectivity index (χ1v) is 6.39. The molecule has 0 aliphatic heterocycles. The minimum Gasteiger partial charge on any atom is -0.495 e.